The van der Waals surface area contributed by atoms with E-state index in [-0.39, 0.29) is 0 Å². The molecule has 0 radical (unpaired) electrons. The first-order valence-corrected chi connectivity index (χ1v) is 9.59. The van der Waals surface area contributed by atoms with E-state index in [1.165, 1.54) is 12.6 Å². The molecule has 0 N–H and O–H groups in total. The Bertz CT molecular complexity index is 1020. The molecule has 140 valence electrons. The fourth-order valence-electron chi connectivity index (χ4n) is 3.58. The van der Waals surface area contributed by atoms with Crippen LogP contribution < -0.4 is 4.74 Å². The Hall–Kier alpha value is -3.33. The van der Waals surface area contributed by atoms with Crippen LogP contribution in [0.1, 0.15) is 28.7 Å². The summed E-state index contributed by atoms with van der Waals surface area (Å²) in [5.41, 5.74) is 6.17. The average molecular weight is 369 g/mol. The molecule has 0 aromatic heterocycles. The van der Waals surface area contributed by atoms with E-state index in [0.29, 0.717) is 12.3 Å². The van der Waals surface area contributed by atoms with Crippen molar-refractivity contribution < 1.29 is 9.48 Å². The molecule has 3 heteroatoms. The van der Waals surface area contributed by atoms with Crippen molar-refractivity contribution >= 4 is 11.3 Å². The lowest BCUT2D eigenvalue weighted by Crippen LogP contribution is -2.09. The van der Waals surface area contributed by atoms with Crippen molar-refractivity contribution in [2.75, 3.05) is 13.7 Å². The molecule has 1 aliphatic carbocycles. The number of rotatable bonds is 6. The van der Waals surface area contributed by atoms with Crippen LogP contribution >= 0.6 is 0 Å². The van der Waals surface area contributed by atoms with Crippen LogP contribution in [0, 0.1) is 5.21 Å². The number of hydrogen-bond acceptors (Lipinski definition) is 2. The first-order chi connectivity index (χ1) is 13.7. The van der Waals surface area contributed by atoms with Crippen molar-refractivity contribution in [3.63, 3.8) is 0 Å². The fraction of sp³-hybridized carbons (Fsp3) is 0.160. The monoisotopic (exact) mass is 369 g/mol. The summed E-state index contributed by atoms with van der Waals surface area (Å²) in [6.07, 6.45) is 3.91. The highest BCUT2D eigenvalue weighted by Gasteiger charge is 2.25. The Balaban J connectivity index is 1.50. The van der Waals surface area contributed by atoms with Gasteiger partial charge in [-0.3, -0.25) is 0 Å². The topological polar surface area (TPSA) is 35.3 Å². The molecule has 0 saturated carbocycles. The first-order valence-electron chi connectivity index (χ1n) is 9.59. The maximum Gasteiger partial charge on any atom is 0.219 e. The van der Waals surface area contributed by atoms with Gasteiger partial charge in [0.1, 0.15) is 12.8 Å². The zero-order valence-electron chi connectivity index (χ0n) is 16.0. The highest BCUT2D eigenvalue weighted by molar-refractivity contribution is 6.19. The van der Waals surface area contributed by atoms with Crippen molar-refractivity contribution in [3.8, 4) is 5.75 Å². The second-order valence-electron chi connectivity index (χ2n) is 6.95. The predicted octanol–water partition coefficient (Wildman–Crippen LogP) is 5.07. The van der Waals surface area contributed by atoms with E-state index in [4.69, 9.17) is 4.74 Å². The number of ether oxygens (including phenoxy) is 1. The van der Waals surface area contributed by atoms with Gasteiger partial charge in [-0.05, 0) is 53.3 Å². The molecule has 0 amide bonds. The van der Waals surface area contributed by atoms with E-state index in [0.717, 1.165) is 45.6 Å². The number of allylic oxidation sites excluding steroid dienone is 1. The molecule has 3 aromatic rings. The normalized spacial score (nSPS) is 14.4. The largest absolute Gasteiger partial charge is 0.624 e. The van der Waals surface area contributed by atoms with Crippen molar-refractivity contribution in [2.45, 2.75) is 12.8 Å². The Kier molecular flexibility index (Phi) is 5.24. The zero-order chi connectivity index (χ0) is 19.3. The molecule has 0 aliphatic heterocycles. The molecule has 0 atom stereocenters. The minimum atomic E-state index is 0.648. The van der Waals surface area contributed by atoms with E-state index in [2.05, 4.69) is 42.5 Å². The van der Waals surface area contributed by atoms with Gasteiger partial charge in [-0.2, -0.15) is 0 Å². The van der Waals surface area contributed by atoms with E-state index < -0.39 is 0 Å². The molecule has 0 unspecified atom stereocenters. The van der Waals surface area contributed by atoms with Crippen LogP contribution in [0.25, 0.3) is 5.57 Å². The van der Waals surface area contributed by atoms with Crippen LogP contribution in [0.15, 0.2) is 84.9 Å². The summed E-state index contributed by atoms with van der Waals surface area (Å²) in [5.74, 6) is 0.800. The van der Waals surface area contributed by atoms with Crippen LogP contribution in [-0.2, 0) is 6.42 Å². The Labute approximate surface area is 165 Å². The van der Waals surface area contributed by atoms with Gasteiger partial charge >= 0.3 is 0 Å². The second kappa shape index (κ2) is 8.13. The molecular weight excluding hydrogens is 346 g/mol. The van der Waals surface area contributed by atoms with Crippen molar-refractivity contribution in [3.05, 3.63) is 112 Å². The maximum absolute atomic E-state index is 12.1. The second-order valence-corrected chi connectivity index (χ2v) is 6.95. The molecule has 28 heavy (non-hydrogen) atoms. The van der Waals surface area contributed by atoms with Crippen LogP contribution in [0.2, 0.25) is 0 Å². The van der Waals surface area contributed by atoms with Crippen LogP contribution in [0.5, 0.6) is 5.75 Å². The van der Waals surface area contributed by atoms with Gasteiger partial charge in [0.05, 0.1) is 12.2 Å². The van der Waals surface area contributed by atoms with Gasteiger partial charge < -0.3 is 9.94 Å². The zero-order valence-corrected chi connectivity index (χ0v) is 16.0. The average Bonchev–Trinajstić information content (AvgIpc) is 3.12. The number of hydroxylamine groups is 1. The Morgan fingerprint density at radius 3 is 2.29 bits per heavy atom. The molecule has 1 aliphatic rings. The van der Waals surface area contributed by atoms with Crippen LogP contribution in [0.4, 0.5) is 0 Å². The Morgan fingerprint density at radius 2 is 1.57 bits per heavy atom. The van der Waals surface area contributed by atoms with Crippen LogP contribution in [-0.4, -0.2) is 24.1 Å². The maximum atomic E-state index is 12.1. The summed E-state index contributed by atoms with van der Waals surface area (Å²) in [4.78, 5) is 0. The van der Waals surface area contributed by atoms with Gasteiger partial charge in [-0.1, -0.05) is 60.7 Å². The summed E-state index contributed by atoms with van der Waals surface area (Å²) in [5, 5.41) is 12.1. The predicted molar refractivity (Wildman–Crippen MR) is 114 cm³/mol. The minimum Gasteiger partial charge on any atom is -0.624 e. The molecule has 0 bridgehead atoms. The number of aryl methyl sites for hydroxylation is 1. The van der Waals surface area contributed by atoms with Gasteiger partial charge in [0.2, 0.25) is 5.71 Å². The highest BCUT2D eigenvalue weighted by atomic mass is 16.5. The van der Waals surface area contributed by atoms with E-state index >= 15 is 0 Å². The summed E-state index contributed by atoms with van der Waals surface area (Å²) < 4.78 is 6.89. The number of benzene rings is 3. The van der Waals surface area contributed by atoms with Crippen LogP contribution in [0.3, 0.4) is 0 Å². The molecular formula is C25H23NO2. The van der Waals surface area contributed by atoms with Gasteiger partial charge in [-0.25, -0.2) is 4.74 Å². The molecule has 0 heterocycles. The van der Waals surface area contributed by atoms with E-state index in [1.54, 1.807) is 0 Å². The lowest BCUT2D eigenvalue weighted by atomic mass is 9.99. The first kappa shape index (κ1) is 18.1. The van der Waals surface area contributed by atoms with Crippen molar-refractivity contribution in [1.82, 2.24) is 0 Å². The van der Waals surface area contributed by atoms with Gasteiger partial charge in [0.15, 0.2) is 0 Å². The SMILES string of the molecule is C[N+]([O-])=C1C=C(c2ccccc2)c2ccc(OCCCc3ccccc3)cc21. The standard InChI is InChI=1S/C25H23NO2/c1-26(27)25-18-23(20-12-6-3-7-13-20)22-15-14-21(17-24(22)25)28-16-8-11-19-9-4-2-5-10-19/h2-7,9-10,12-15,17-18H,8,11,16H2,1H3. The number of hydrogen-bond donors (Lipinski definition) is 0. The van der Waals surface area contributed by atoms with E-state index in [9.17, 15) is 5.21 Å². The van der Waals surface area contributed by atoms with Gasteiger partial charge in [-0.15, -0.1) is 0 Å². The molecule has 0 fully saturated rings. The smallest absolute Gasteiger partial charge is 0.219 e. The number of fused-ring (bicyclic) bond motifs is 1. The third kappa shape index (κ3) is 3.84. The molecule has 4 rings (SSSR count). The molecule has 0 spiro atoms. The fourth-order valence-corrected chi connectivity index (χ4v) is 3.58. The van der Waals surface area contributed by atoms with E-state index in [1.807, 2.05) is 42.5 Å². The minimum absolute atomic E-state index is 0.648. The molecule has 3 nitrogen and oxygen atoms in total. The van der Waals surface area contributed by atoms with Gasteiger partial charge in [0.25, 0.3) is 0 Å². The quantitative estimate of drug-likeness (QED) is 0.263. The summed E-state index contributed by atoms with van der Waals surface area (Å²) in [7, 11) is 1.54. The molecule has 3 aromatic carbocycles. The third-order valence-electron chi connectivity index (χ3n) is 4.98. The third-order valence-corrected chi connectivity index (χ3v) is 4.98. The van der Waals surface area contributed by atoms with Crippen molar-refractivity contribution in [1.29, 1.82) is 0 Å². The summed E-state index contributed by atoms with van der Waals surface area (Å²) in [6, 6.07) is 26.6. The van der Waals surface area contributed by atoms with Crippen molar-refractivity contribution in [2.24, 2.45) is 0 Å². The van der Waals surface area contributed by atoms with Gasteiger partial charge in [0, 0.05) is 6.08 Å². The number of nitrogens with zero attached hydrogens (tertiary/aromatic N) is 1. The summed E-state index contributed by atoms with van der Waals surface area (Å²) in [6.45, 7) is 0.648. The lowest BCUT2D eigenvalue weighted by Gasteiger charge is -2.10. The Morgan fingerprint density at radius 1 is 0.857 bits per heavy atom. The summed E-state index contributed by atoms with van der Waals surface area (Å²) >= 11 is 0. The molecule has 0 saturated heterocycles. The highest BCUT2D eigenvalue weighted by Crippen LogP contribution is 2.35. The lowest BCUT2D eigenvalue weighted by molar-refractivity contribution is -0.421.